The molecule has 1 aromatic carbocycles. The van der Waals surface area contributed by atoms with Crippen LogP contribution in [0, 0.1) is 5.82 Å². The van der Waals surface area contributed by atoms with Crippen molar-refractivity contribution in [2.24, 2.45) is 5.73 Å². The molecule has 0 aliphatic heterocycles. The van der Waals surface area contributed by atoms with E-state index in [0.717, 1.165) is 12.5 Å². The summed E-state index contributed by atoms with van der Waals surface area (Å²) in [5, 5.41) is 5.74. The lowest BCUT2D eigenvalue weighted by atomic mass is 10.1. The van der Waals surface area contributed by atoms with Gasteiger partial charge in [0, 0.05) is 37.2 Å². The largest absolute Gasteiger partial charge is 0.366 e. The zero-order valence-corrected chi connectivity index (χ0v) is 11.5. The molecule has 0 radical (unpaired) electrons. The van der Waals surface area contributed by atoms with Gasteiger partial charge in [-0.2, -0.15) is 0 Å². The molecule has 110 valence electrons. The fourth-order valence-electron chi connectivity index (χ4n) is 1.62. The number of hydrogen-bond donors (Lipinski definition) is 3. The van der Waals surface area contributed by atoms with Crippen molar-refractivity contribution in [1.29, 1.82) is 0 Å². The maximum absolute atomic E-state index is 13.6. The lowest BCUT2D eigenvalue weighted by Crippen LogP contribution is -2.28. The second kappa shape index (κ2) is 8.27. The van der Waals surface area contributed by atoms with Crippen LogP contribution in [0.25, 0.3) is 0 Å². The van der Waals surface area contributed by atoms with E-state index in [1.165, 1.54) is 12.1 Å². The maximum Gasteiger partial charge on any atom is 0.248 e. The molecule has 0 saturated heterocycles. The summed E-state index contributed by atoms with van der Waals surface area (Å²) in [5.74, 6) is -1.16. The van der Waals surface area contributed by atoms with Crippen LogP contribution in [-0.2, 0) is 11.3 Å². The molecule has 5 nitrogen and oxygen atoms in total. The number of nitrogens with one attached hydrogen (secondary N) is 2. The second-order valence-electron chi connectivity index (χ2n) is 4.45. The van der Waals surface area contributed by atoms with E-state index in [4.69, 9.17) is 5.73 Å². The Labute approximate surface area is 117 Å². The van der Waals surface area contributed by atoms with Gasteiger partial charge in [-0.05, 0) is 18.6 Å². The van der Waals surface area contributed by atoms with Crippen molar-refractivity contribution in [3.8, 4) is 0 Å². The number of amides is 2. The van der Waals surface area contributed by atoms with Crippen molar-refractivity contribution < 1.29 is 14.0 Å². The summed E-state index contributed by atoms with van der Waals surface area (Å²) in [5.41, 5.74) is 5.64. The SMILES string of the molecule is CCCNC(=O)CCNCc1ccc(C(N)=O)cc1F. The van der Waals surface area contributed by atoms with E-state index >= 15 is 0 Å². The minimum absolute atomic E-state index is 0.0242. The number of halogens is 1. The third kappa shape index (κ3) is 5.36. The number of carbonyl (C=O) groups is 2. The summed E-state index contributed by atoms with van der Waals surface area (Å²) in [4.78, 5) is 22.2. The van der Waals surface area contributed by atoms with Gasteiger partial charge in [0.05, 0.1) is 0 Å². The molecule has 6 heteroatoms. The van der Waals surface area contributed by atoms with Gasteiger partial charge >= 0.3 is 0 Å². The molecule has 0 heterocycles. The topological polar surface area (TPSA) is 84.2 Å². The van der Waals surface area contributed by atoms with Crippen molar-refractivity contribution >= 4 is 11.8 Å². The Balaban J connectivity index is 2.35. The molecule has 0 aromatic heterocycles. The first kappa shape index (κ1) is 16.1. The molecule has 0 atom stereocenters. The number of rotatable bonds is 8. The molecule has 0 fully saturated rings. The molecule has 20 heavy (non-hydrogen) atoms. The first-order chi connectivity index (χ1) is 9.54. The summed E-state index contributed by atoms with van der Waals surface area (Å²) in [6.45, 7) is 3.41. The summed E-state index contributed by atoms with van der Waals surface area (Å²) < 4.78 is 13.6. The van der Waals surface area contributed by atoms with Gasteiger partial charge in [-0.15, -0.1) is 0 Å². The van der Waals surface area contributed by atoms with Gasteiger partial charge in [-0.1, -0.05) is 13.0 Å². The van der Waals surface area contributed by atoms with Crippen LogP contribution in [0.4, 0.5) is 4.39 Å². The highest BCUT2D eigenvalue weighted by Crippen LogP contribution is 2.09. The van der Waals surface area contributed by atoms with Crippen molar-refractivity contribution in [2.45, 2.75) is 26.3 Å². The average molecular weight is 281 g/mol. The minimum Gasteiger partial charge on any atom is -0.366 e. The van der Waals surface area contributed by atoms with E-state index in [1.807, 2.05) is 6.92 Å². The quantitative estimate of drug-likeness (QED) is 0.620. The van der Waals surface area contributed by atoms with Gasteiger partial charge in [0.15, 0.2) is 0 Å². The Morgan fingerprint density at radius 2 is 2.05 bits per heavy atom. The molecule has 0 saturated carbocycles. The number of primary amides is 1. The van der Waals surface area contributed by atoms with Crippen molar-refractivity contribution in [1.82, 2.24) is 10.6 Å². The Hall–Kier alpha value is -1.95. The Morgan fingerprint density at radius 3 is 2.65 bits per heavy atom. The van der Waals surface area contributed by atoms with Crippen LogP contribution in [0.1, 0.15) is 35.7 Å². The molecule has 0 unspecified atom stereocenters. The van der Waals surface area contributed by atoms with Crippen LogP contribution in [0.15, 0.2) is 18.2 Å². The van der Waals surface area contributed by atoms with Gasteiger partial charge in [0.1, 0.15) is 5.82 Å². The first-order valence-electron chi connectivity index (χ1n) is 6.60. The van der Waals surface area contributed by atoms with E-state index in [-0.39, 0.29) is 11.5 Å². The zero-order chi connectivity index (χ0) is 15.0. The van der Waals surface area contributed by atoms with Gasteiger partial charge in [-0.25, -0.2) is 4.39 Å². The molecule has 0 spiro atoms. The number of benzene rings is 1. The summed E-state index contributed by atoms with van der Waals surface area (Å²) in [7, 11) is 0. The zero-order valence-electron chi connectivity index (χ0n) is 11.5. The minimum atomic E-state index is -0.656. The molecule has 4 N–H and O–H groups in total. The highest BCUT2D eigenvalue weighted by molar-refractivity contribution is 5.92. The van der Waals surface area contributed by atoms with Crippen LogP contribution in [-0.4, -0.2) is 24.9 Å². The number of carbonyl (C=O) groups excluding carboxylic acids is 2. The lowest BCUT2D eigenvalue weighted by molar-refractivity contribution is -0.120. The fraction of sp³-hybridized carbons (Fsp3) is 0.429. The second-order valence-corrected chi connectivity index (χ2v) is 4.45. The highest BCUT2D eigenvalue weighted by Gasteiger charge is 2.07. The number of nitrogens with two attached hydrogens (primary N) is 1. The van der Waals surface area contributed by atoms with E-state index in [1.54, 1.807) is 0 Å². The summed E-state index contributed by atoms with van der Waals surface area (Å²) in [6, 6.07) is 4.11. The van der Waals surface area contributed by atoms with E-state index in [0.29, 0.717) is 31.6 Å². The van der Waals surface area contributed by atoms with Crippen molar-refractivity contribution in [3.63, 3.8) is 0 Å². The third-order valence-electron chi connectivity index (χ3n) is 2.75. The maximum atomic E-state index is 13.6. The smallest absolute Gasteiger partial charge is 0.248 e. The van der Waals surface area contributed by atoms with E-state index in [9.17, 15) is 14.0 Å². The standard InChI is InChI=1S/C14H20FN3O2/c1-2-6-18-13(19)5-7-17-9-11-4-3-10(14(16)20)8-12(11)15/h3-4,8,17H,2,5-7,9H2,1H3,(H2,16,20)(H,18,19). The van der Waals surface area contributed by atoms with Crippen LogP contribution in [0.3, 0.4) is 0 Å². The summed E-state index contributed by atoms with van der Waals surface area (Å²) in [6.07, 6.45) is 1.25. The first-order valence-corrected chi connectivity index (χ1v) is 6.60. The Kier molecular flexibility index (Phi) is 6.66. The van der Waals surface area contributed by atoms with E-state index < -0.39 is 11.7 Å². The van der Waals surface area contributed by atoms with E-state index in [2.05, 4.69) is 10.6 Å². The molecular weight excluding hydrogens is 261 g/mol. The normalized spacial score (nSPS) is 10.3. The van der Waals surface area contributed by atoms with Gasteiger partial charge < -0.3 is 16.4 Å². The van der Waals surface area contributed by atoms with Crippen LogP contribution >= 0.6 is 0 Å². The van der Waals surface area contributed by atoms with Crippen LogP contribution < -0.4 is 16.4 Å². The molecule has 2 amide bonds. The van der Waals surface area contributed by atoms with Crippen LogP contribution in [0.2, 0.25) is 0 Å². The number of hydrogen-bond acceptors (Lipinski definition) is 3. The highest BCUT2D eigenvalue weighted by atomic mass is 19.1. The summed E-state index contributed by atoms with van der Waals surface area (Å²) >= 11 is 0. The molecule has 0 aliphatic carbocycles. The Morgan fingerprint density at radius 1 is 1.30 bits per heavy atom. The fourth-order valence-corrected chi connectivity index (χ4v) is 1.62. The van der Waals surface area contributed by atoms with Crippen LogP contribution in [0.5, 0.6) is 0 Å². The third-order valence-corrected chi connectivity index (χ3v) is 2.75. The predicted octanol–water partition coefficient (Wildman–Crippen LogP) is 0.931. The molecule has 0 bridgehead atoms. The van der Waals surface area contributed by atoms with Crippen molar-refractivity contribution in [2.75, 3.05) is 13.1 Å². The molecule has 1 rings (SSSR count). The van der Waals surface area contributed by atoms with Gasteiger partial charge in [0.2, 0.25) is 11.8 Å². The molecule has 1 aromatic rings. The van der Waals surface area contributed by atoms with Gasteiger partial charge in [-0.3, -0.25) is 9.59 Å². The monoisotopic (exact) mass is 281 g/mol. The lowest BCUT2D eigenvalue weighted by Gasteiger charge is -2.07. The Bertz CT molecular complexity index is 477. The van der Waals surface area contributed by atoms with Gasteiger partial charge in [0.25, 0.3) is 0 Å². The molecule has 0 aliphatic rings. The molecular formula is C14H20FN3O2. The predicted molar refractivity (Wildman–Crippen MR) is 74.5 cm³/mol. The van der Waals surface area contributed by atoms with Crippen molar-refractivity contribution in [3.05, 3.63) is 35.1 Å². The average Bonchev–Trinajstić information content (AvgIpc) is 2.42.